The summed E-state index contributed by atoms with van der Waals surface area (Å²) >= 11 is 5.56. The Kier molecular flexibility index (Phi) is 4.37. The molecule has 148 valence electrons. The van der Waals surface area contributed by atoms with E-state index in [1.807, 2.05) is 13.0 Å². The fourth-order valence-corrected chi connectivity index (χ4v) is 6.93. The number of ether oxygens (including phenoxy) is 1. The van der Waals surface area contributed by atoms with Gasteiger partial charge in [-0.05, 0) is 56.1 Å². The molecule has 0 aliphatic heterocycles. The Morgan fingerprint density at radius 1 is 1.37 bits per heavy atom. The molecular formula is C21H27ClO5. The zero-order valence-electron chi connectivity index (χ0n) is 15.8. The second-order valence-electron chi connectivity index (χ2n) is 9.15. The summed E-state index contributed by atoms with van der Waals surface area (Å²) in [6.07, 6.45) is 7.64. The van der Waals surface area contributed by atoms with E-state index in [9.17, 15) is 19.8 Å². The summed E-state index contributed by atoms with van der Waals surface area (Å²) in [5, 5.41) is 22.5. The van der Waals surface area contributed by atoms with Crippen molar-refractivity contribution in [1.82, 2.24) is 0 Å². The molecule has 7 atom stereocenters. The van der Waals surface area contributed by atoms with E-state index in [1.54, 1.807) is 12.2 Å². The van der Waals surface area contributed by atoms with Gasteiger partial charge in [-0.2, -0.15) is 0 Å². The van der Waals surface area contributed by atoms with Gasteiger partial charge in [0.25, 0.3) is 0 Å². The maximum atomic E-state index is 12.5. The summed E-state index contributed by atoms with van der Waals surface area (Å²) in [4.78, 5) is 24.4. The summed E-state index contributed by atoms with van der Waals surface area (Å²) in [6, 6.07) is -0.290. The van der Waals surface area contributed by atoms with Crippen LogP contribution in [0, 0.1) is 28.6 Å². The van der Waals surface area contributed by atoms with Crippen molar-refractivity contribution >= 4 is 23.4 Å². The molecule has 4 aliphatic carbocycles. The van der Waals surface area contributed by atoms with Crippen molar-refractivity contribution < 1.29 is 24.5 Å². The third-order valence-corrected chi connectivity index (χ3v) is 8.28. The summed E-state index contributed by atoms with van der Waals surface area (Å²) in [7, 11) is 0. The van der Waals surface area contributed by atoms with Gasteiger partial charge in [0.05, 0.1) is 6.10 Å². The molecular weight excluding hydrogens is 368 g/mol. The number of allylic oxidation sites excluding steroid dienone is 4. The van der Waals surface area contributed by atoms with Crippen LogP contribution < -0.4 is 0 Å². The van der Waals surface area contributed by atoms with Crippen molar-refractivity contribution in [2.45, 2.75) is 57.7 Å². The van der Waals surface area contributed by atoms with Gasteiger partial charge in [0.1, 0.15) is 0 Å². The van der Waals surface area contributed by atoms with Gasteiger partial charge in [-0.25, -0.2) is 4.79 Å². The zero-order chi connectivity index (χ0) is 19.6. The topological polar surface area (TPSA) is 83.8 Å². The molecule has 0 bridgehead atoms. The van der Waals surface area contributed by atoms with E-state index in [4.69, 9.17) is 16.3 Å². The van der Waals surface area contributed by atoms with Crippen molar-refractivity contribution in [2.24, 2.45) is 28.6 Å². The van der Waals surface area contributed by atoms with Gasteiger partial charge in [-0.3, -0.25) is 4.79 Å². The molecule has 4 rings (SSSR count). The minimum absolute atomic E-state index is 0.00937. The molecule has 27 heavy (non-hydrogen) atoms. The highest BCUT2D eigenvalue weighted by molar-refractivity contribution is 6.17. The summed E-state index contributed by atoms with van der Waals surface area (Å²) < 4.78 is 4.97. The lowest BCUT2D eigenvalue weighted by Crippen LogP contribution is -2.61. The van der Waals surface area contributed by atoms with Gasteiger partial charge < -0.3 is 14.9 Å². The van der Waals surface area contributed by atoms with E-state index in [1.165, 1.54) is 0 Å². The largest absolute Gasteiger partial charge is 0.447 e. The molecule has 0 saturated heterocycles. The first-order chi connectivity index (χ1) is 12.7. The van der Waals surface area contributed by atoms with Gasteiger partial charge in [0.15, 0.2) is 17.5 Å². The van der Waals surface area contributed by atoms with Gasteiger partial charge in [-0.15, -0.1) is 0 Å². The van der Waals surface area contributed by atoms with Crippen LogP contribution in [-0.4, -0.2) is 39.7 Å². The highest BCUT2D eigenvalue weighted by Crippen LogP contribution is 2.67. The second kappa shape index (κ2) is 6.16. The lowest BCUT2D eigenvalue weighted by molar-refractivity contribution is -0.195. The Balaban J connectivity index is 1.72. The molecule has 5 nitrogen and oxygen atoms in total. The van der Waals surface area contributed by atoms with E-state index in [2.05, 4.69) is 6.92 Å². The van der Waals surface area contributed by atoms with E-state index in [0.29, 0.717) is 12.8 Å². The first-order valence-corrected chi connectivity index (χ1v) is 10.3. The molecule has 0 radical (unpaired) electrons. The number of fused-ring (bicyclic) bond motifs is 5. The van der Waals surface area contributed by atoms with Crippen molar-refractivity contribution in [2.75, 3.05) is 6.07 Å². The van der Waals surface area contributed by atoms with Crippen LogP contribution in [0.25, 0.3) is 0 Å². The lowest BCUT2D eigenvalue weighted by atomic mass is 9.46. The van der Waals surface area contributed by atoms with Crippen molar-refractivity contribution in [3.63, 3.8) is 0 Å². The van der Waals surface area contributed by atoms with E-state index >= 15 is 0 Å². The van der Waals surface area contributed by atoms with Crippen LogP contribution in [0.15, 0.2) is 23.8 Å². The van der Waals surface area contributed by atoms with Gasteiger partial charge in [-0.1, -0.05) is 37.1 Å². The number of carbonyl (C=O) groups is 2. The normalized spacial score (nSPS) is 48.3. The highest BCUT2D eigenvalue weighted by atomic mass is 35.5. The van der Waals surface area contributed by atoms with Crippen molar-refractivity contribution in [1.29, 1.82) is 0 Å². The smallest absolute Gasteiger partial charge is 0.339 e. The standard InChI is InChI=1S/C21H27ClO5/c1-19-7-5-13(23)9-12(19)3-4-14-15-6-8-21(26,18(25)27-11-22)20(15,2)10-16(24)17(14)19/h5,7,9,14-17,24,26H,3-4,6,8,10-11H2,1-2H3/t14-,15-,16-,17+,19+,20-,21-/m0/s1. The zero-order valence-corrected chi connectivity index (χ0v) is 16.5. The number of hydrogen-bond acceptors (Lipinski definition) is 5. The van der Waals surface area contributed by atoms with E-state index in [-0.39, 0.29) is 35.0 Å². The second-order valence-corrected chi connectivity index (χ2v) is 9.37. The van der Waals surface area contributed by atoms with Crippen LogP contribution in [0.4, 0.5) is 0 Å². The molecule has 4 aliphatic rings. The average Bonchev–Trinajstić information content (AvgIpc) is 2.87. The minimum atomic E-state index is -1.62. The lowest BCUT2D eigenvalue weighted by Gasteiger charge is -2.59. The van der Waals surface area contributed by atoms with Gasteiger partial charge in [0.2, 0.25) is 0 Å². The number of ketones is 1. The van der Waals surface area contributed by atoms with Crippen LogP contribution >= 0.6 is 11.6 Å². The Labute approximate surface area is 164 Å². The number of alkyl halides is 1. The summed E-state index contributed by atoms with van der Waals surface area (Å²) in [6.45, 7) is 4.01. The molecule has 0 aromatic carbocycles. The Bertz CT molecular complexity index is 745. The van der Waals surface area contributed by atoms with Crippen LogP contribution in [0.2, 0.25) is 0 Å². The van der Waals surface area contributed by atoms with Crippen molar-refractivity contribution in [3.05, 3.63) is 23.8 Å². The molecule has 3 saturated carbocycles. The monoisotopic (exact) mass is 394 g/mol. The first-order valence-electron chi connectivity index (χ1n) is 9.75. The van der Waals surface area contributed by atoms with Gasteiger partial charge in [0, 0.05) is 16.7 Å². The number of aliphatic hydroxyl groups is 2. The first kappa shape index (κ1) is 19.2. The summed E-state index contributed by atoms with van der Waals surface area (Å²) in [5.74, 6) is -0.403. The third-order valence-electron chi connectivity index (χ3n) is 8.17. The van der Waals surface area contributed by atoms with Crippen LogP contribution in [0.3, 0.4) is 0 Å². The SMILES string of the molecule is C[C@]12C[C@H](O)[C@H]3[C@@H](CCC4=CC(=O)C=C[C@]43C)[C@@H]1CC[C@]2(O)C(=O)OCCl. The number of rotatable bonds is 2. The number of esters is 1. The predicted molar refractivity (Wildman–Crippen MR) is 99.8 cm³/mol. The molecule has 0 spiro atoms. The molecule has 6 heteroatoms. The van der Waals surface area contributed by atoms with Crippen LogP contribution in [-0.2, 0) is 14.3 Å². The molecule has 3 fully saturated rings. The summed E-state index contributed by atoms with van der Waals surface area (Å²) in [5.41, 5.74) is -1.63. The Morgan fingerprint density at radius 2 is 2.11 bits per heavy atom. The molecule has 0 aromatic rings. The highest BCUT2D eigenvalue weighted by Gasteiger charge is 2.68. The number of halogens is 1. The predicted octanol–water partition coefficient (Wildman–Crippen LogP) is 2.74. The molecule has 0 unspecified atom stereocenters. The number of hydrogen-bond donors (Lipinski definition) is 2. The maximum absolute atomic E-state index is 12.5. The number of carbonyl (C=O) groups excluding carboxylic acids is 2. The fraction of sp³-hybridized carbons (Fsp3) is 0.714. The number of aliphatic hydroxyl groups excluding tert-OH is 1. The third kappa shape index (κ3) is 2.44. The van der Waals surface area contributed by atoms with Crippen molar-refractivity contribution in [3.8, 4) is 0 Å². The molecule has 0 heterocycles. The molecule has 0 amide bonds. The van der Waals surface area contributed by atoms with E-state index in [0.717, 1.165) is 24.8 Å². The average molecular weight is 395 g/mol. The van der Waals surface area contributed by atoms with Crippen LogP contribution in [0.5, 0.6) is 0 Å². The fourth-order valence-electron chi connectivity index (χ4n) is 6.83. The van der Waals surface area contributed by atoms with E-state index < -0.39 is 23.1 Å². The molecule has 0 aromatic heterocycles. The molecule has 2 N–H and O–H groups in total. The quantitative estimate of drug-likeness (QED) is 0.555. The van der Waals surface area contributed by atoms with Crippen LogP contribution in [0.1, 0.15) is 46.0 Å². The Morgan fingerprint density at radius 3 is 2.81 bits per heavy atom. The Hall–Kier alpha value is -1.17. The maximum Gasteiger partial charge on any atom is 0.339 e. The van der Waals surface area contributed by atoms with Gasteiger partial charge >= 0.3 is 5.97 Å². The minimum Gasteiger partial charge on any atom is -0.447 e.